The molecule has 21 heavy (non-hydrogen) atoms. The number of ketones is 1. The highest BCUT2D eigenvalue weighted by atomic mass is 32.1. The Morgan fingerprint density at radius 2 is 1.57 bits per heavy atom. The van der Waals surface area contributed by atoms with E-state index in [2.05, 4.69) is 10.5 Å². The van der Waals surface area contributed by atoms with Crippen LogP contribution in [0, 0.1) is 29.6 Å². The van der Waals surface area contributed by atoms with Gasteiger partial charge in [-0.25, -0.2) is 4.98 Å². The van der Waals surface area contributed by atoms with E-state index in [-0.39, 0.29) is 0 Å². The molecule has 6 unspecified atom stereocenters. The first-order valence-corrected chi connectivity index (χ1v) is 9.66. The molecule has 112 valence electrons. The smallest absolute Gasteiger partial charge is 0.136 e. The number of thiazole rings is 1. The normalized spacial score (nSPS) is 44.7. The number of nitrogens with zero attached hydrogens (tertiary/aromatic N) is 1. The van der Waals surface area contributed by atoms with Crippen LogP contribution in [0.5, 0.6) is 0 Å². The van der Waals surface area contributed by atoms with Gasteiger partial charge >= 0.3 is 0 Å². The SMILES string of the molecule is O=C1CCC2C1CCC1C3CCc4ncsc4C3CCC21. The summed E-state index contributed by atoms with van der Waals surface area (Å²) in [5.74, 6) is 5.26. The minimum absolute atomic E-state index is 0.449. The predicted molar refractivity (Wildman–Crippen MR) is 83.3 cm³/mol. The molecule has 0 saturated heterocycles. The van der Waals surface area contributed by atoms with Crippen LogP contribution in [0.15, 0.2) is 5.51 Å². The van der Waals surface area contributed by atoms with Gasteiger partial charge in [0.2, 0.25) is 0 Å². The number of hydrogen-bond acceptors (Lipinski definition) is 3. The van der Waals surface area contributed by atoms with Crippen LogP contribution in [0.4, 0.5) is 0 Å². The highest BCUT2D eigenvalue weighted by molar-refractivity contribution is 7.09. The van der Waals surface area contributed by atoms with E-state index in [0.29, 0.717) is 11.7 Å². The van der Waals surface area contributed by atoms with Gasteiger partial charge in [0.1, 0.15) is 5.78 Å². The van der Waals surface area contributed by atoms with Gasteiger partial charge in [0.05, 0.1) is 11.2 Å². The number of Topliss-reactive ketones (excluding diaryl/α,β-unsaturated/α-hetero) is 1. The summed E-state index contributed by atoms with van der Waals surface area (Å²) in [5, 5.41) is 0. The highest BCUT2D eigenvalue weighted by Gasteiger charge is 2.51. The molecule has 4 aliphatic carbocycles. The highest BCUT2D eigenvalue weighted by Crippen LogP contribution is 2.59. The summed E-state index contributed by atoms with van der Waals surface area (Å²) in [6, 6.07) is 0. The minimum Gasteiger partial charge on any atom is -0.299 e. The molecule has 0 spiro atoms. The Balaban J connectivity index is 1.46. The third-order valence-corrected chi connectivity index (χ3v) is 8.17. The lowest BCUT2D eigenvalue weighted by Crippen LogP contribution is -2.43. The lowest BCUT2D eigenvalue weighted by atomic mass is 9.54. The molecule has 3 heteroatoms. The molecule has 6 atom stereocenters. The van der Waals surface area contributed by atoms with Gasteiger partial charge in [0.15, 0.2) is 0 Å². The van der Waals surface area contributed by atoms with E-state index in [1.165, 1.54) is 50.6 Å². The van der Waals surface area contributed by atoms with E-state index in [4.69, 9.17) is 0 Å². The fourth-order valence-electron chi connectivity index (χ4n) is 6.38. The molecule has 5 rings (SSSR count). The Bertz CT molecular complexity index is 580. The average molecular weight is 301 g/mol. The molecule has 0 radical (unpaired) electrons. The van der Waals surface area contributed by atoms with Gasteiger partial charge in [-0.05, 0) is 74.5 Å². The van der Waals surface area contributed by atoms with Crippen molar-refractivity contribution in [2.24, 2.45) is 29.6 Å². The van der Waals surface area contributed by atoms with Gasteiger partial charge < -0.3 is 0 Å². The maximum absolute atomic E-state index is 12.1. The third-order valence-electron chi connectivity index (χ3n) is 7.17. The van der Waals surface area contributed by atoms with E-state index in [1.54, 1.807) is 4.88 Å². The van der Waals surface area contributed by atoms with E-state index < -0.39 is 0 Å². The first-order valence-electron chi connectivity index (χ1n) is 8.78. The van der Waals surface area contributed by atoms with Crippen LogP contribution < -0.4 is 0 Å². The summed E-state index contributed by atoms with van der Waals surface area (Å²) < 4.78 is 0. The van der Waals surface area contributed by atoms with Crippen LogP contribution in [-0.2, 0) is 11.2 Å². The van der Waals surface area contributed by atoms with Crippen molar-refractivity contribution >= 4 is 17.1 Å². The van der Waals surface area contributed by atoms with Gasteiger partial charge in [-0.2, -0.15) is 0 Å². The van der Waals surface area contributed by atoms with E-state index in [0.717, 1.165) is 36.0 Å². The molecule has 1 heterocycles. The number of aromatic nitrogens is 1. The summed E-state index contributed by atoms with van der Waals surface area (Å²) in [5.41, 5.74) is 3.47. The molecule has 3 fully saturated rings. The van der Waals surface area contributed by atoms with Crippen LogP contribution in [0.25, 0.3) is 0 Å². The molecule has 4 aliphatic rings. The number of hydrogen-bond donors (Lipinski definition) is 0. The zero-order valence-corrected chi connectivity index (χ0v) is 13.3. The van der Waals surface area contributed by atoms with Gasteiger partial charge in [-0.15, -0.1) is 11.3 Å². The van der Waals surface area contributed by atoms with Gasteiger partial charge in [-0.3, -0.25) is 4.79 Å². The van der Waals surface area contributed by atoms with Gasteiger partial charge in [0.25, 0.3) is 0 Å². The fourth-order valence-corrected chi connectivity index (χ4v) is 7.43. The monoisotopic (exact) mass is 301 g/mol. The standard InChI is InChI=1S/C18H23NOS/c20-17-8-6-12-10-2-4-15-13(11(10)1-3-14(12)17)5-7-16-18(15)21-9-19-16/h9-15H,1-8H2. The van der Waals surface area contributed by atoms with Crippen LogP contribution in [-0.4, -0.2) is 10.8 Å². The predicted octanol–water partition coefficient (Wildman–Crippen LogP) is 4.20. The second kappa shape index (κ2) is 4.65. The lowest BCUT2D eigenvalue weighted by Gasteiger charge is -2.51. The summed E-state index contributed by atoms with van der Waals surface area (Å²) in [7, 11) is 0. The molecule has 0 aromatic carbocycles. The van der Waals surface area contributed by atoms with Crippen molar-refractivity contribution in [3.05, 3.63) is 16.1 Å². The molecule has 0 N–H and O–H groups in total. The second-order valence-corrected chi connectivity index (χ2v) is 8.62. The molecular formula is C18H23NOS. The van der Waals surface area contributed by atoms with Crippen molar-refractivity contribution in [2.75, 3.05) is 0 Å². The van der Waals surface area contributed by atoms with Crippen LogP contribution in [0.1, 0.15) is 61.4 Å². The molecule has 1 aromatic rings. The molecule has 0 bridgehead atoms. The Hall–Kier alpha value is -0.700. The van der Waals surface area contributed by atoms with E-state index in [9.17, 15) is 4.79 Å². The molecule has 3 saturated carbocycles. The molecule has 1 aromatic heterocycles. The Morgan fingerprint density at radius 3 is 2.43 bits per heavy atom. The average Bonchev–Trinajstić information content (AvgIpc) is 3.13. The number of carbonyl (C=O) groups excluding carboxylic acids is 1. The molecular weight excluding hydrogens is 278 g/mol. The van der Waals surface area contributed by atoms with Crippen molar-refractivity contribution in [1.82, 2.24) is 4.98 Å². The van der Waals surface area contributed by atoms with Crippen molar-refractivity contribution < 1.29 is 4.79 Å². The maximum atomic E-state index is 12.1. The van der Waals surface area contributed by atoms with Crippen molar-refractivity contribution in [1.29, 1.82) is 0 Å². The maximum Gasteiger partial charge on any atom is 0.136 e. The Morgan fingerprint density at radius 1 is 0.857 bits per heavy atom. The number of fused-ring (bicyclic) bond motifs is 7. The zero-order valence-electron chi connectivity index (χ0n) is 12.5. The topological polar surface area (TPSA) is 30.0 Å². The fraction of sp³-hybridized carbons (Fsp3) is 0.778. The first kappa shape index (κ1) is 12.8. The van der Waals surface area contributed by atoms with Gasteiger partial charge in [0, 0.05) is 17.2 Å². The summed E-state index contributed by atoms with van der Waals surface area (Å²) >= 11 is 1.91. The molecule has 2 nitrogen and oxygen atoms in total. The van der Waals surface area contributed by atoms with Crippen LogP contribution >= 0.6 is 11.3 Å². The Kier molecular flexibility index (Phi) is 2.83. The third kappa shape index (κ3) is 1.76. The number of carbonyl (C=O) groups is 1. The van der Waals surface area contributed by atoms with Gasteiger partial charge in [-0.1, -0.05) is 0 Å². The van der Waals surface area contributed by atoms with E-state index >= 15 is 0 Å². The lowest BCUT2D eigenvalue weighted by molar-refractivity contribution is -0.123. The van der Waals surface area contributed by atoms with Crippen LogP contribution in [0.2, 0.25) is 0 Å². The zero-order chi connectivity index (χ0) is 14.0. The summed E-state index contributed by atoms with van der Waals surface area (Å²) in [4.78, 5) is 18.3. The van der Waals surface area contributed by atoms with Crippen molar-refractivity contribution in [3.8, 4) is 0 Å². The quantitative estimate of drug-likeness (QED) is 0.718. The van der Waals surface area contributed by atoms with Crippen LogP contribution in [0.3, 0.4) is 0 Å². The number of rotatable bonds is 0. The first-order chi connectivity index (χ1) is 10.3. The Labute approximate surface area is 130 Å². The summed E-state index contributed by atoms with van der Waals surface area (Å²) in [6.45, 7) is 0. The molecule has 0 amide bonds. The molecule has 0 aliphatic heterocycles. The van der Waals surface area contributed by atoms with Crippen molar-refractivity contribution in [3.63, 3.8) is 0 Å². The minimum atomic E-state index is 0.449. The second-order valence-electron chi connectivity index (χ2n) is 7.73. The number of aryl methyl sites for hydroxylation is 1. The summed E-state index contributed by atoms with van der Waals surface area (Å²) in [6.07, 6.45) is 9.90. The van der Waals surface area contributed by atoms with Crippen molar-refractivity contribution in [2.45, 2.75) is 57.3 Å². The largest absolute Gasteiger partial charge is 0.299 e. The van der Waals surface area contributed by atoms with E-state index in [1.807, 2.05) is 11.3 Å².